The summed E-state index contributed by atoms with van der Waals surface area (Å²) in [6, 6.07) is 10.8. The molecule has 0 N–H and O–H groups in total. The maximum absolute atomic E-state index is 4.02. The van der Waals surface area contributed by atoms with Crippen molar-refractivity contribution in [3.63, 3.8) is 0 Å². The van der Waals surface area contributed by atoms with E-state index in [2.05, 4.69) is 47.9 Å². The molecule has 1 heterocycles. The molecule has 1 nitrogen and oxygen atoms in total. The fourth-order valence-electron chi connectivity index (χ4n) is 3.30. The smallest absolute Gasteiger partial charge is 0.0278 e. The molecule has 0 radical (unpaired) electrons. The highest BCUT2D eigenvalue weighted by molar-refractivity contribution is 5.27. The zero-order valence-electron chi connectivity index (χ0n) is 10.9. The Bertz CT molecular complexity index is 458. The molecular formula is C17H21N. The van der Waals surface area contributed by atoms with Gasteiger partial charge in [0.15, 0.2) is 0 Å². The number of hydrogen-bond donors (Lipinski definition) is 0. The zero-order chi connectivity index (χ0) is 12.4. The van der Waals surface area contributed by atoms with Gasteiger partial charge in [-0.15, -0.1) is 6.58 Å². The van der Waals surface area contributed by atoms with E-state index in [1.54, 1.807) is 11.3 Å². The van der Waals surface area contributed by atoms with Gasteiger partial charge in [0.2, 0.25) is 0 Å². The van der Waals surface area contributed by atoms with E-state index in [-0.39, 0.29) is 0 Å². The van der Waals surface area contributed by atoms with Gasteiger partial charge in [0.25, 0.3) is 0 Å². The van der Waals surface area contributed by atoms with Gasteiger partial charge in [-0.2, -0.15) is 0 Å². The lowest BCUT2D eigenvalue weighted by atomic mass is 9.98. The van der Waals surface area contributed by atoms with E-state index in [4.69, 9.17) is 0 Å². The van der Waals surface area contributed by atoms with E-state index in [0.29, 0.717) is 5.92 Å². The van der Waals surface area contributed by atoms with Gasteiger partial charge in [-0.25, -0.2) is 0 Å². The second-order valence-corrected chi connectivity index (χ2v) is 5.35. The molecule has 2 aliphatic rings. The summed E-state index contributed by atoms with van der Waals surface area (Å²) in [7, 11) is 0. The van der Waals surface area contributed by atoms with Gasteiger partial charge in [-0.3, -0.25) is 0 Å². The molecule has 1 aromatic rings. The van der Waals surface area contributed by atoms with Gasteiger partial charge < -0.3 is 4.90 Å². The van der Waals surface area contributed by atoms with Crippen LogP contribution in [0.25, 0.3) is 0 Å². The Kier molecular flexibility index (Phi) is 3.22. The van der Waals surface area contributed by atoms with E-state index in [0.717, 1.165) is 6.54 Å². The van der Waals surface area contributed by atoms with Crippen molar-refractivity contribution >= 4 is 0 Å². The molecule has 1 aromatic carbocycles. The van der Waals surface area contributed by atoms with Gasteiger partial charge in [0, 0.05) is 24.7 Å². The number of nitrogens with zero attached hydrogens (tertiary/aromatic N) is 1. The molecule has 0 bridgehead atoms. The van der Waals surface area contributed by atoms with Crippen molar-refractivity contribution in [2.75, 3.05) is 13.1 Å². The summed E-state index contributed by atoms with van der Waals surface area (Å²) in [6.45, 7) is 6.35. The predicted molar refractivity (Wildman–Crippen MR) is 76.4 cm³/mol. The first-order valence-electron chi connectivity index (χ1n) is 7.02. The van der Waals surface area contributed by atoms with Crippen molar-refractivity contribution in [3.8, 4) is 0 Å². The van der Waals surface area contributed by atoms with Crippen molar-refractivity contribution < 1.29 is 0 Å². The first-order valence-corrected chi connectivity index (χ1v) is 7.02. The lowest BCUT2D eigenvalue weighted by Crippen LogP contribution is -2.25. The summed E-state index contributed by atoms with van der Waals surface area (Å²) in [4.78, 5) is 2.60. The van der Waals surface area contributed by atoms with Crippen LogP contribution in [0, 0.1) is 0 Å². The minimum absolute atomic E-state index is 0.457. The average Bonchev–Trinajstić information content (AvgIpc) is 3.01. The Morgan fingerprint density at radius 2 is 2.00 bits per heavy atom. The minimum Gasteiger partial charge on any atom is -0.374 e. The molecule has 0 fully saturated rings. The average molecular weight is 239 g/mol. The Morgan fingerprint density at radius 1 is 1.17 bits per heavy atom. The third kappa shape index (κ3) is 2.10. The van der Waals surface area contributed by atoms with E-state index in [9.17, 15) is 0 Å². The normalized spacial score (nSPS) is 20.1. The molecule has 1 atom stereocenters. The maximum atomic E-state index is 4.02. The quantitative estimate of drug-likeness (QED) is 0.715. The zero-order valence-corrected chi connectivity index (χ0v) is 10.9. The number of rotatable bonds is 4. The lowest BCUT2D eigenvalue weighted by Gasteiger charge is -2.26. The summed E-state index contributed by atoms with van der Waals surface area (Å²) in [5, 5.41) is 0. The largest absolute Gasteiger partial charge is 0.374 e. The second-order valence-electron chi connectivity index (χ2n) is 5.35. The van der Waals surface area contributed by atoms with Crippen LogP contribution in [0.2, 0.25) is 0 Å². The van der Waals surface area contributed by atoms with Crippen molar-refractivity contribution in [1.29, 1.82) is 0 Å². The standard InChI is InChI=1S/C17H21N/c1-2-14(15-7-4-3-5-8-15)13-18-12-11-16-9-6-10-17(16)18/h2-5,7-8,14H,1,6,9-13H2/t14-/m0/s1. The number of benzene rings is 1. The van der Waals surface area contributed by atoms with Gasteiger partial charge in [0.1, 0.15) is 0 Å². The molecule has 0 amide bonds. The number of hydrogen-bond acceptors (Lipinski definition) is 1. The van der Waals surface area contributed by atoms with Gasteiger partial charge in [-0.1, -0.05) is 36.4 Å². The first kappa shape index (κ1) is 11.6. The molecule has 1 aliphatic heterocycles. The van der Waals surface area contributed by atoms with E-state index < -0.39 is 0 Å². The van der Waals surface area contributed by atoms with Crippen LogP contribution in [-0.4, -0.2) is 18.0 Å². The van der Waals surface area contributed by atoms with Crippen LogP contribution in [0.3, 0.4) is 0 Å². The number of likely N-dealkylation sites (tertiary alicyclic amines) is 1. The van der Waals surface area contributed by atoms with Crippen molar-refractivity contribution in [3.05, 3.63) is 59.8 Å². The second kappa shape index (κ2) is 5.01. The van der Waals surface area contributed by atoms with Crippen LogP contribution in [0.15, 0.2) is 54.3 Å². The van der Waals surface area contributed by atoms with Crippen LogP contribution >= 0.6 is 0 Å². The van der Waals surface area contributed by atoms with E-state index in [1.165, 1.54) is 37.8 Å². The molecule has 0 spiro atoms. The van der Waals surface area contributed by atoms with E-state index >= 15 is 0 Å². The summed E-state index contributed by atoms with van der Waals surface area (Å²) in [5.41, 5.74) is 4.77. The molecule has 3 rings (SSSR count). The highest BCUT2D eigenvalue weighted by atomic mass is 15.2. The summed E-state index contributed by atoms with van der Waals surface area (Å²) in [5.74, 6) is 0.457. The third-order valence-corrected chi connectivity index (χ3v) is 4.29. The van der Waals surface area contributed by atoms with Crippen molar-refractivity contribution in [2.24, 2.45) is 0 Å². The lowest BCUT2D eigenvalue weighted by molar-refractivity contribution is 0.353. The Labute approximate surface area is 110 Å². The molecule has 0 saturated carbocycles. The van der Waals surface area contributed by atoms with E-state index in [1.807, 2.05) is 0 Å². The molecule has 0 unspecified atom stereocenters. The van der Waals surface area contributed by atoms with Crippen LogP contribution in [0.5, 0.6) is 0 Å². The highest BCUT2D eigenvalue weighted by Crippen LogP contribution is 2.37. The van der Waals surface area contributed by atoms with Crippen molar-refractivity contribution in [1.82, 2.24) is 4.90 Å². The fraction of sp³-hybridized carbons (Fsp3) is 0.412. The molecule has 1 heteroatoms. The topological polar surface area (TPSA) is 3.24 Å². The number of allylic oxidation sites excluding steroid dienone is 1. The highest BCUT2D eigenvalue weighted by Gasteiger charge is 2.27. The molecule has 0 aromatic heterocycles. The van der Waals surface area contributed by atoms with Crippen LogP contribution in [-0.2, 0) is 0 Å². The molecule has 94 valence electrons. The Morgan fingerprint density at radius 3 is 2.78 bits per heavy atom. The Balaban J connectivity index is 1.74. The summed E-state index contributed by atoms with van der Waals surface area (Å²) in [6.07, 6.45) is 7.41. The summed E-state index contributed by atoms with van der Waals surface area (Å²) >= 11 is 0. The molecular weight excluding hydrogens is 218 g/mol. The van der Waals surface area contributed by atoms with Gasteiger partial charge >= 0.3 is 0 Å². The van der Waals surface area contributed by atoms with Gasteiger partial charge in [-0.05, 0) is 36.8 Å². The molecule has 0 saturated heterocycles. The summed E-state index contributed by atoms with van der Waals surface area (Å²) < 4.78 is 0. The van der Waals surface area contributed by atoms with Crippen LogP contribution in [0.4, 0.5) is 0 Å². The molecule has 18 heavy (non-hydrogen) atoms. The maximum Gasteiger partial charge on any atom is 0.0278 e. The molecule has 1 aliphatic carbocycles. The fourth-order valence-corrected chi connectivity index (χ4v) is 3.30. The third-order valence-electron chi connectivity index (χ3n) is 4.29. The van der Waals surface area contributed by atoms with Crippen LogP contribution in [0.1, 0.15) is 37.2 Å². The minimum atomic E-state index is 0.457. The monoisotopic (exact) mass is 239 g/mol. The van der Waals surface area contributed by atoms with Crippen molar-refractivity contribution in [2.45, 2.75) is 31.6 Å². The SMILES string of the molecule is C=C[C@@H](CN1CCC2=C1CCC2)c1ccccc1. The first-order chi connectivity index (χ1) is 8.88. The van der Waals surface area contributed by atoms with Gasteiger partial charge in [0.05, 0.1) is 0 Å². The predicted octanol–water partition coefficient (Wildman–Crippen LogP) is 4.10. The van der Waals surface area contributed by atoms with Crippen LogP contribution < -0.4 is 0 Å². The Hall–Kier alpha value is -1.50.